The van der Waals surface area contributed by atoms with E-state index in [9.17, 15) is 14.4 Å². The van der Waals surface area contributed by atoms with Crippen LogP contribution in [-0.4, -0.2) is 28.4 Å². The van der Waals surface area contributed by atoms with Crippen LogP contribution >= 0.6 is 11.9 Å². The lowest BCUT2D eigenvalue weighted by atomic mass is 10.6. The van der Waals surface area contributed by atoms with E-state index in [0.717, 1.165) is 16.3 Å². The van der Waals surface area contributed by atoms with Crippen LogP contribution in [0.15, 0.2) is 0 Å². The van der Waals surface area contributed by atoms with Crippen LogP contribution in [-0.2, 0) is 9.59 Å². The van der Waals surface area contributed by atoms with E-state index >= 15 is 0 Å². The maximum atomic E-state index is 10.6. The molecule has 0 unspecified atom stereocenters. The number of nitrogens with one attached hydrogen (secondary N) is 1. The third-order valence-electron chi connectivity index (χ3n) is 0.966. The van der Waals surface area contributed by atoms with Gasteiger partial charge in [-0.05, 0) is 11.9 Å². The molecule has 0 radical (unpaired) electrons. The van der Waals surface area contributed by atoms with Crippen molar-refractivity contribution in [3.05, 3.63) is 0 Å². The zero-order valence-corrected chi connectivity index (χ0v) is 5.90. The molecule has 0 aromatic carbocycles. The van der Waals surface area contributed by atoms with Gasteiger partial charge in [-0.1, -0.05) is 0 Å². The van der Waals surface area contributed by atoms with Crippen LogP contribution in [0.3, 0.4) is 0 Å². The first-order valence-electron chi connectivity index (χ1n) is 2.40. The first-order valence-corrected chi connectivity index (χ1v) is 3.58. The highest BCUT2D eigenvalue weighted by molar-refractivity contribution is 7.97. The first-order chi connectivity index (χ1) is 4.66. The van der Waals surface area contributed by atoms with Crippen LogP contribution in [0.5, 0.6) is 0 Å². The van der Waals surface area contributed by atoms with Crippen molar-refractivity contribution in [2.24, 2.45) is 0 Å². The van der Waals surface area contributed by atoms with E-state index in [4.69, 9.17) is 0 Å². The average molecular weight is 160 g/mol. The summed E-state index contributed by atoms with van der Waals surface area (Å²) in [5.41, 5.74) is 0. The predicted molar refractivity (Wildman–Crippen MR) is 33.9 cm³/mol. The fraction of sp³-hybridized carbons (Fsp3) is 0.250. The normalized spacial score (nSPS) is 18.1. The Kier molecular flexibility index (Phi) is 1.62. The first kappa shape index (κ1) is 7.07. The van der Waals surface area contributed by atoms with Gasteiger partial charge < -0.3 is 0 Å². The monoisotopic (exact) mass is 160 g/mol. The van der Waals surface area contributed by atoms with E-state index in [2.05, 4.69) is 0 Å². The zero-order valence-electron chi connectivity index (χ0n) is 5.08. The molecule has 5 nitrogen and oxygen atoms in total. The molecule has 0 spiro atoms. The van der Waals surface area contributed by atoms with Crippen LogP contribution in [0.25, 0.3) is 0 Å². The van der Waals surface area contributed by atoms with E-state index in [1.54, 1.807) is 0 Å². The van der Waals surface area contributed by atoms with Gasteiger partial charge in [0.15, 0.2) is 0 Å². The second-order valence-electron chi connectivity index (χ2n) is 1.54. The SMILES string of the molecule is CSN1C(=O)NC(=O)C1=O. The Morgan fingerprint density at radius 1 is 1.40 bits per heavy atom. The molecule has 0 saturated carbocycles. The van der Waals surface area contributed by atoms with Gasteiger partial charge in [-0.2, -0.15) is 4.31 Å². The molecule has 0 atom stereocenters. The van der Waals surface area contributed by atoms with Crippen molar-refractivity contribution >= 4 is 29.8 Å². The molecule has 1 saturated heterocycles. The van der Waals surface area contributed by atoms with Gasteiger partial charge in [-0.25, -0.2) is 4.79 Å². The molecule has 1 N–H and O–H groups in total. The standard InChI is InChI=1S/C4H4N2O3S/c1-10-6-3(8)2(7)5-4(6)9/h1H3,(H,5,7,9). The Morgan fingerprint density at radius 2 is 2.00 bits per heavy atom. The van der Waals surface area contributed by atoms with E-state index in [1.165, 1.54) is 6.26 Å². The molecule has 0 aliphatic carbocycles. The Morgan fingerprint density at radius 3 is 2.20 bits per heavy atom. The van der Waals surface area contributed by atoms with E-state index in [1.807, 2.05) is 5.32 Å². The zero-order chi connectivity index (χ0) is 7.72. The largest absolute Gasteiger partial charge is 0.341 e. The van der Waals surface area contributed by atoms with Crippen molar-refractivity contribution in [1.82, 2.24) is 9.62 Å². The summed E-state index contributed by atoms with van der Waals surface area (Å²) in [7, 11) is 0. The quantitative estimate of drug-likeness (QED) is 0.314. The van der Waals surface area contributed by atoms with E-state index in [-0.39, 0.29) is 0 Å². The van der Waals surface area contributed by atoms with Gasteiger partial charge in [0.1, 0.15) is 0 Å². The highest BCUT2D eigenvalue weighted by Gasteiger charge is 2.36. The number of hydrogen-bond donors (Lipinski definition) is 1. The molecular weight excluding hydrogens is 156 g/mol. The number of imide groups is 2. The van der Waals surface area contributed by atoms with Crippen molar-refractivity contribution in [2.45, 2.75) is 0 Å². The molecule has 4 amide bonds. The fourth-order valence-corrected chi connectivity index (χ4v) is 1.01. The Hall–Kier alpha value is -1.04. The molecule has 0 bridgehead atoms. The maximum Gasteiger partial charge on any atom is 0.341 e. The summed E-state index contributed by atoms with van der Waals surface area (Å²) >= 11 is 0.903. The number of nitrogens with zero attached hydrogens (tertiary/aromatic N) is 1. The molecule has 1 heterocycles. The molecule has 1 aliphatic heterocycles. The lowest BCUT2D eigenvalue weighted by Gasteiger charge is -2.02. The van der Waals surface area contributed by atoms with Crippen molar-refractivity contribution in [3.8, 4) is 0 Å². The molecule has 1 fully saturated rings. The minimum absolute atomic E-state index is 0.664. The van der Waals surface area contributed by atoms with Crippen LogP contribution in [0.2, 0.25) is 0 Å². The highest BCUT2D eigenvalue weighted by Crippen LogP contribution is 2.10. The summed E-state index contributed by atoms with van der Waals surface area (Å²) < 4.78 is 0.766. The van der Waals surface area contributed by atoms with Crippen molar-refractivity contribution in [1.29, 1.82) is 0 Å². The summed E-state index contributed by atoms with van der Waals surface area (Å²) in [5, 5.41) is 1.85. The molecule has 1 rings (SSSR count). The molecule has 10 heavy (non-hydrogen) atoms. The highest BCUT2D eigenvalue weighted by atomic mass is 32.2. The van der Waals surface area contributed by atoms with Gasteiger partial charge >= 0.3 is 17.8 Å². The van der Waals surface area contributed by atoms with Crippen molar-refractivity contribution in [3.63, 3.8) is 0 Å². The van der Waals surface area contributed by atoms with Gasteiger partial charge in [0.25, 0.3) is 0 Å². The van der Waals surface area contributed by atoms with Crippen LogP contribution < -0.4 is 5.32 Å². The lowest BCUT2D eigenvalue weighted by Crippen LogP contribution is -2.23. The number of carbonyl (C=O) groups excluding carboxylic acids is 3. The summed E-state index contributed by atoms with van der Waals surface area (Å²) in [6, 6.07) is -0.664. The van der Waals surface area contributed by atoms with Crippen LogP contribution in [0, 0.1) is 0 Å². The van der Waals surface area contributed by atoms with Gasteiger partial charge in [0.2, 0.25) is 0 Å². The molecule has 1 aliphatic rings. The lowest BCUT2D eigenvalue weighted by molar-refractivity contribution is -0.137. The fourth-order valence-electron chi connectivity index (χ4n) is 0.552. The molecular formula is C4H4N2O3S. The second kappa shape index (κ2) is 2.30. The summed E-state index contributed by atoms with van der Waals surface area (Å²) in [4.78, 5) is 31.6. The Balaban J connectivity index is 2.84. The minimum Gasteiger partial charge on any atom is -0.268 e. The summed E-state index contributed by atoms with van der Waals surface area (Å²) in [5.74, 6) is -1.67. The summed E-state index contributed by atoms with van der Waals surface area (Å²) in [6.45, 7) is 0. The third kappa shape index (κ3) is 0.860. The maximum absolute atomic E-state index is 10.6. The van der Waals surface area contributed by atoms with Gasteiger partial charge in [0, 0.05) is 6.26 Å². The molecule has 0 aromatic rings. The predicted octanol–water partition coefficient (Wildman–Crippen LogP) is -0.657. The minimum atomic E-state index is -0.862. The van der Waals surface area contributed by atoms with Gasteiger partial charge in [0.05, 0.1) is 0 Å². The number of hydrogen-bond acceptors (Lipinski definition) is 4. The molecule has 54 valence electrons. The second-order valence-corrected chi connectivity index (χ2v) is 2.27. The molecule has 6 heteroatoms. The Labute approximate surface area is 60.9 Å². The van der Waals surface area contributed by atoms with E-state index in [0.29, 0.717) is 0 Å². The smallest absolute Gasteiger partial charge is 0.268 e. The van der Waals surface area contributed by atoms with Gasteiger partial charge in [-0.15, -0.1) is 0 Å². The Bertz CT molecular complexity index is 215. The average Bonchev–Trinajstić information content (AvgIpc) is 2.09. The number of amides is 4. The van der Waals surface area contributed by atoms with Gasteiger partial charge in [-0.3, -0.25) is 14.9 Å². The van der Waals surface area contributed by atoms with Crippen molar-refractivity contribution < 1.29 is 14.4 Å². The topological polar surface area (TPSA) is 66.5 Å². The molecule has 0 aromatic heterocycles. The van der Waals surface area contributed by atoms with E-state index < -0.39 is 17.8 Å². The number of urea groups is 1. The van der Waals surface area contributed by atoms with Crippen molar-refractivity contribution in [2.75, 3.05) is 6.26 Å². The van der Waals surface area contributed by atoms with Crippen LogP contribution in [0.1, 0.15) is 0 Å². The van der Waals surface area contributed by atoms with Crippen LogP contribution in [0.4, 0.5) is 4.79 Å². The number of carbonyl (C=O) groups is 3. The summed E-state index contributed by atoms with van der Waals surface area (Å²) in [6.07, 6.45) is 1.54. The third-order valence-corrected chi connectivity index (χ3v) is 1.66. The number of rotatable bonds is 1.